The second-order valence-electron chi connectivity index (χ2n) is 7.23. The van der Waals surface area contributed by atoms with Gasteiger partial charge in [-0.2, -0.15) is 0 Å². The lowest BCUT2D eigenvalue weighted by Crippen LogP contribution is -2.28. The molecule has 0 aliphatic heterocycles. The fraction of sp³-hybridized carbons (Fsp3) is 0.0800. The van der Waals surface area contributed by atoms with E-state index in [-0.39, 0.29) is 21.3 Å². The van der Waals surface area contributed by atoms with E-state index in [9.17, 15) is 14.4 Å². The molecule has 0 radical (unpaired) electrons. The van der Waals surface area contributed by atoms with E-state index in [4.69, 9.17) is 27.9 Å². The van der Waals surface area contributed by atoms with Crippen molar-refractivity contribution in [3.63, 3.8) is 0 Å². The summed E-state index contributed by atoms with van der Waals surface area (Å²) >= 11 is 12.0. The zero-order valence-corrected chi connectivity index (χ0v) is 19.0. The molecule has 1 N–H and O–H groups in total. The molecule has 0 bridgehead atoms. The number of benzene rings is 3. The van der Waals surface area contributed by atoms with E-state index >= 15 is 0 Å². The number of fused-ring (bicyclic) bond motifs is 1. The van der Waals surface area contributed by atoms with Crippen molar-refractivity contribution in [2.45, 2.75) is 0 Å². The molecule has 0 fully saturated rings. The van der Waals surface area contributed by atoms with Crippen molar-refractivity contribution >= 4 is 51.5 Å². The van der Waals surface area contributed by atoms with Crippen LogP contribution in [0.25, 0.3) is 21.9 Å². The van der Waals surface area contributed by atoms with Crippen LogP contribution in [0, 0.1) is 0 Å². The van der Waals surface area contributed by atoms with Crippen LogP contribution in [0.15, 0.2) is 77.6 Å². The minimum atomic E-state index is -0.799. The molecule has 0 atom stereocenters. The molecule has 0 saturated carbocycles. The fourth-order valence-electron chi connectivity index (χ4n) is 3.59. The molecular weight excluding hydrogens is 463 g/mol. The predicted octanol–water partition coefficient (Wildman–Crippen LogP) is 5.31. The molecule has 166 valence electrons. The Kier molecular flexibility index (Phi) is 6.49. The molecule has 0 unspecified atom stereocenters. The standard InChI is InChI=1S/C25H18Cl2N2O4/c1-29-23(25(32)33-14-20(30)28-19-13-7-12-18(26)22(19)27)21(15-8-3-2-4-9-15)16-10-5-6-11-17(16)24(29)31/h2-13H,14H2,1H3,(H,28,30). The molecule has 1 heterocycles. The first-order valence-electron chi connectivity index (χ1n) is 9.96. The molecule has 3 aromatic carbocycles. The number of carbonyl (C=O) groups is 2. The normalized spacial score (nSPS) is 10.8. The second-order valence-corrected chi connectivity index (χ2v) is 8.01. The molecule has 33 heavy (non-hydrogen) atoms. The van der Waals surface area contributed by atoms with E-state index in [2.05, 4.69) is 5.32 Å². The van der Waals surface area contributed by atoms with Crippen molar-refractivity contribution < 1.29 is 14.3 Å². The molecule has 0 aliphatic carbocycles. The van der Waals surface area contributed by atoms with E-state index in [1.807, 2.05) is 30.3 Å². The van der Waals surface area contributed by atoms with Gasteiger partial charge in [0.25, 0.3) is 11.5 Å². The largest absolute Gasteiger partial charge is 0.451 e. The summed E-state index contributed by atoms with van der Waals surface area (Å²) in [6.07, 6.45) is 0. The van der Waals surface area contributed by atoms with Gasteiger partial charge < -0.3 is 14.6 Å². The first-order chi connectivity index (χ1) is 15.9. The van der Waals surface area contributed by atoms with Crippen LogP contribution in [0.2, 0.25) is 10.0 Å². The first kappa shape index (κ1) is 22.6. The van der Waals surface area contributed by atoms with E-state index in [1.165, 1.54) is 11.6 Å². The number of aromatic nitrogens is 1. The molecule has 4 rings (SSSR count). The zero-order chi connectivity index (χ0) is 23.5. The third-order valence-electron chi connectivity index (χ3n) is 5.12. The van der Waals surface area contributed by atoms with Gasteiger partial charge in [0.2, 0.25) is 0 Å². The van der Waals surface area contributed by atoms with Gasteiger partial charge in [0.05, 0.1) is 15.7 Å². The monoisotopic (exact) mass is 480 g/mol. The maximum atomic E-state index is 13.1. The topological polar surface area (TPSA) is 77.4 Å². The number of hydrogen-bond donors (Lipinski definition) is 1. The highest BCUT2D eigenvalue weighted by molar-refractivity contribution is 6.44. The van der Waals surface area contributed by atoms with Crippen LogP contribution in [0.1, 0.15) is 10.5 Å². The number of anilines is 1. The maximum Gasteiger partial charge on any atom is 0.356 e. The summed E-state index contributed by atoms with van der Waals surface area (Å²) in [5, 5.41) is 4.12. The van der Waals surface area contributed by atoms with Crippen LogP contribution in [-0.2, 0) is 16.6 Å². The van der Waals surface area contributed by atoms with Crippen molar-refractivity contribution in [3.05, 3.63) is 98.9 Å². The van der Waals surface area contributed by atoms with E-state index < -0.39 is 18.5 Å². The van der Waals surface area contributed by atoms with Gasteiger partial charge in [-0.25, -0.2) is 4.79 Å². The molecule has 6 nitrogen and oxygen atoms in total. The summed E-state index contributed by atoms with van der Waals surface area (Å²) in [6.45, 7) is -0.572. The second kappa shape index (κ2) is 9.48. The molecule has 0 aliphatic rings. The Morgan fingerprint density at radius 2 is 1.58 bits per heavy atom. The van der Waals surface area contributed by atoms with Gasteiger partial charge in [-0.1, -0.05) is 77.8 Å². The lowest BCUT2D eigenvalue weighted by molar-refractivity contribution is -0.119. The molecule has 1 aromatic heterocycles. The van der Waals surface area contributed by atoms with Crippen molar-refractivity contribution in [3.8, 4) is 11.1 Å². The van der Waals surface area contributed by atoms with Gasteiger partial charge in [0, 0.05) is 18.0 Å². The van der Waals surface area contributed by atoms with Crippen LogP contribution >= 0.6 is 23.2 Å². The summed E-state index contributed by atoms with van der Waals surface area (Å²) in [5.74, 6) is -1.40. The Morgan fingerprint density at radius 1 is 0.909 bits per heavy atom. The summed E-state index contributed by atoms with van der Waals surface area (Å²) in [5.41, 5.74) is 1.31. The summed E-state index contributed by atoms with van der Waals surface area (Å²) in [6, 6.07) is 21.1. The SMILES string of the molecule is Cn1c(C(=O)OCC(=O)Nc2cccc(Cl)c2Cl)c(-c2ccccc2)c2ccccc2c1=O. The smallest absolute Gasteiger partial charge is 0.356 e. The number of nitrogens with zero attached hydrogens (tertiary/aromatic N) is 1. The van der Waals surface area contributed by atoms with Crippen LogP contribution in [0.4, 0.5) is 5.69 Å². The van der Waals surface area contributed by atoms with Gasteiger partial charge in [0.1, 0.15) is 5.69 Å². The predicted molar refractivity (Wildman–Crippen MR) is 130 cm³/mol. The zero-order valence-electron chi connectivity index (χ0n) is 17.5. The first-order valence-corrected chi connectivity index (χ1v) is 10.7. The van der Waals surface area contributed by atoms with Crippen molar-refractivity contribution in [1.29, 1.82) is 0 Å². The number of hydrogen-bond acceptors (Lipinski definition) is 4. The number of nitrogens with one attached hydrogen (secondary N) is 1. The average molecular weight is 481 g/mol. The van der Waals surface area contributed by atoms with Crippen LogP contribution in [0.3, 0.4) is 0 Å². The molecule has 0 spiro atoms. The van der Waals surface area contributed by atoms with Crippen molar-refractivity contribution in [1.82, 2.24) is 4.57 Å². The Labute approximate surface area is 199 Å². The van der Waals surface area contributed by atoms with E-state index in [0.29, 0.717) is 22.0 Å². The highest BCUT2D eigenvalue weighted by Gasteiger charge is 2.23. The number of pyridine rings is 1. The third-order valence-corrected chi connectivity index (χ3v) is 5.94. The number of rotatable bonds is 5. The van der Waals surface area contributed by atoms with Gasteiger partial charge in [0.15, 0.2) is 6.61 Å². The lowest BCUT2D eigenvalue weighted by atomic mass is 9.97. The van der Waals surface area contributed by atoms with Crippen LogP contribution in [0.5, 0.6) is 0 Å². The molecule has 8 heteroatoms. The maximum absolute atomic E-state index is 13.1. The number of halogens is 2. The minimum absolute atomic E-state index is 0.0542. The highest BCUT2D eigenvalue weighted by atomic mass is 35.5. The number of ether oxygens (including phenoxy) is 1. The van der Waals surface area contributed by atoms with Gasteiger partial charge in [-0.05, 0) is 29.1 Å². The van der Waals surface area contributed by atoms with Gasteiger partial charge in [-0.3, -0.25) is 9.59 Å². The number of amides is 1. The van der Waals surface area contributed by atoms with E-state index in [1.54, 1.807) is 42.5 Å². The summed E-state index contributed by atoms with van der Waals surface area (Å²) in [7, 11) is 1.50. The third kappa shape index (κ3) is 4.49. The van der Waals surface area contributed by atoms with Crippen LogP contribution < -0.4 is 10.9 Å². The molecule has 1 amide bonds. The minimum Gasteiger partial charge on any atom is -0.451 e. The van der Waals surface area contributed by atoms with Crippen LogP contribution in [-0.4, -0.2) is 23.1 Å². The number of esters is 1. The Balaban J connectivity index is 1.68. The molecule has 4 aromatic rings. The average Bonchev–Trinajstić information content (AvgIpc) is 2.83. The Morgan fingerprint density at radius 3 is 2.30 bits per heavy atom. The Bertz CT molecular complexity index is 1430. The Hall–Kier alpha value is -3.61. The van der Waals surface area contributed by atoms with E-state index in [0.717, 1.165) is 5.56 Å². The summed E-state index contributed by atoms with van der Waals surface area (Å²) < 4.78 is 6.54. The van der Waals surface area contributed by atoms with Crippen molar-refractivity contribution in [2.24, 2.45) is 7.05 Å². The quantitative estimate of drug-likeness (QED) is 0.392. The molecule has 0 saturated heterocycles. The van der Waals surface area contributed by atoms with Gasteiger partial charge >= 0.3 is 5.97 Å². The summed E-state index contributed by atoms with van der Waals surface area (Å²) in [4.78, 5) is 38.4. The molecular formula is C25H18Cl2N2O4. The fourth-order valence-corrected chi connectivity index (χ4v) is 3.93. The van der Waals surface area contributed by atoms with Crippen molar-refractivity contribution in [2.75, 3.05) is 11.9 Å². The van der Waals surface area contributed by atoms with Gasteiger partial charge in [-0.15, -0.1) is 0 Å². The lowest BCUT2D eigenvalue weighted by Gasteiger charge is -2.17. The number of carbonyl (C=O) groups excluding carboxylic acids is 2. The highest BCUT2D eigenvalue weighted by Crippen LogP contribution is 2.31.